The minimum atomic E-state index is -0.290. The van der Waals surface area contributed by atoms with Crippen LogP contribution in [0.2, 0.25) is 0 Å². The maximum absolute atomic E-state index is 12.7. The number of aromatic nitrogens is 2. The highest BCUT2D eigenvalue weighted by Crippen LogP contribution is 2.31. The van der Waals surface area contributed by atoms with E-state index >= 15 is 0 Å². The number of hydrogen-bond donors (Lipinski definition) is 1. The van der Waals surface area contributed by atoms with E-state index in [0.717, 1.165) is 30.6 Å². The van der Waals surface area contributed by atoms with Crippen LogP contribution in [0.15, 0.2) is 28.8 Å². The molecule has 2 heterocycles. The molecule has 3 rings (SSSR count). The van der Waals surface area contributed by atoms with Gasteiger partial charge in [0.1, 0.15) is 11.8 Å². The molecule has 2 aromatic rings. The first-order valence-electron chi connectivity index (χ1n) is 8.94. The topological polar surface area (TPSA) is 80.5 Å². The van der Waals surface area contributed by atoms with Crippen LogP contribution >= 0.6 is 0 Å². The average molecular weight is 358 g/mol. The molecule has 1 N–H and O–H groups in total. The summed E-state index contributed by atoms with van der Waals surface area (Å²) in [5, 5.41) is 7.12. The van der Waals surface area contributed by atoms with Crippen molar-refractivity contribution in [2.45, 2.75) is 51.6 Å². The van der Waals surface area contributed by atoms with E-state index in [4.69, 9.17) is 9.26 Å². The molecule has 7 nitrogen and oxygen atoms in total. The zero-order valence-corrected chi connectivity index (χ0v) is 15.8. The quantitative estimate of drug-likeness (QED) is 0.903. The first kappa shape index (κ1) is 18.2. The monoisotopic (exact) mass is 358 g/mol. The van der Waals surface area contributed by atoms with Crippen LogP contribution in [0.25, 0.3) is 11.4 Å². The van der Waals surface area contributed by atoms with E-state index in [1.807, 2.05) is 45.0 Å². The van der Waals surface area contributed by atoms with Crippen molar-refractivity contribution in [3.8, 4) is 17.1 Å². The van der Waals surface area contributed by atoms with E-state index in [1.54, 1.807) is 12.0 Å². The molecule has 1 atom stereocenters. The molecule has 1 aromatic heterocycles. The first-order chi connectivity index (χ1) is 12.4. The lowest BCUT2D eigenvalue weighted by Gasteiger charge is -2.35. The Morgan fingerprint density at radius 3 is 2.65 bits per heavy atom. The number of amides is 2. The van der Waals surface area contributed by atoms with E-state index in [-0.39, 0.29) is 17.6 Å². The molecular weight excluding hydrogens is 332 g/mol. The van der Waals surface area contributed by atoms with Gasteiger partial charge in [-0.05, 0) is 64.3 Å². The fraction of sp³-hybridized carbons (Fsp3) is 0.526. The van der Waals surface area contributed by atoms with Crippen molar-refractivity contribution in [3.63, 3.8) is 0 Å². The lowest BCUT2D eigenvalue weighted by molar-refractivity contribution is 0.126. The number of piperidine rings is 1. The number of ether oxygens (including phenoxy) is 1. The summed E-state index contributed by atoms with van der Waals surface area (Å²) in [5.74, 6) is 1.78. The van der Waals surface area contributed by atoms with Crippen LogP contribution in [-0.4, -0.2) is 40.3 Å². The summed E-state index contributed by atoms with van der Waals surface area (Å²) >= 11 is 0. The number of nitrogens with zero attached hydrogens (tertiary/aromatic N) is 3. The minimum Gasteiger partial charge on any atom is -0.497 e. The average Bonchev–Trinajstić information content (AvgIpc) is 3.10. The van der Waals surface area contributed by atoms with E-state index in [1.165, 1.54) is 0 Å². The van der Waals surface area contributed by atoms with Crippen molar-refractivity contribution < 1.29 is 14.1 Å². The third-order valence-electron chi connectivity index (χ3n) is 4.32. The Morgan fingerprint density at radius 2 is 2.00 bits per heavy atom. The Hall–Kier alpha value is -2.57. The number of likely N-dealkylation sites (tertiary alicyclic amines) is 1. The van der Waals surface area contributed by atoms with Crippen molar-refractivity contribution in [2.24, 2.45) is 0 Å². The summed E-state index contributed by atoms with van der Waals surface area (Å²) in [5.41, 5.74) is 0.560. The molecule has 0 spiro atoms. The van der Waals surface area contributed by atoms with Crippen LogP contribution in [0.5, 0.6) is 5.75 Å². The van der Waals surface area contributed by atoms with Crippen molar-refractivity contribution >= 4 is 6.03 Å². The summed E-state index contributed by atoms with van der Waals surface area (Å²) in [7, 11) is 1.63. The van der Waals surface area contributed by atoms with Crippen molar-refractivity contribution in [1.29, 1.82) is 0 Å². The maximum atomic E-state index is 12.7. The lowest BCUT2D eigenvalue weighted by atomic mass is 10.0. The molecule has 1 aliphatic heterocycles. The van der Waals surface area contributed by atoms with Gasteiger partial charge < -0.3 is 19.5 Å². The minimum absolute atomic E-state index is 0.0913. The van der Waals surface area contributed by atoms with Crippen LogP contribution in [0.4, 0.5) is 4.79 Å². The smallest absolute Gasteiger partial charge is 0.318 e. The predicted molar refractivity (Wildman–Crippen MR) is 97.9 cm³/mol. The highest BCUT2D eigenvalue weighted by atomic mass is 16.5. The molecule has 7 heteroatoms. The fourth-order valence-corrected chi connectivity index (χ4v) is 3.05. The number of hydrogen-bond acceptors (Lipinski definition) is 5. The van der Waals surface area contributed by atoms with Gasteiger partial charge in [0.2, 0.25) is 11.7 Å². The number of carbonyl (C=O) groups is 1. The van der Waals surface area contributed by atoms with Crippen LogP contribution in [0.3, 0.4) is 0 Å². The van der Waals surface area contributed by atoms with E-state index in [0.29, 0.717) is 18.3 Å². The van der Waals surface area contributed by atoms with E-state index in [9.17, 15) is 4.79 Å². The van der Waals surface area contributed by atoms with Gasteiger partial charge in [0.15, 0.2) is 0 Å². The molecule has 1 aliphatic rings. The Morgan fingerprint density at radius 1 is 1.27 bits per heavy atom. The largest absolute Gasteiger partial charge is 0.497 e. The molecule has 26 heavy (non-hydrogen) atoms. The summed E-state index contributed by atoms with van der Waals surface area (Å²) in [6.45, 7) is 6.60. The molecule has 1 saturated heterocycles. The van der Waals surface area contributed by atoms with Gasteiger partial charge in [0.25, 0.3) is 0 Å². The first-order valence-corrected chi connectivity index (χ1v) is 8.94. The molecule has 0 saturated carbocycles. The van der Waals surface area contributed by atoms with Crippen LogP contribution < -0.4 is 10.1 Å². The van der Waals surface area contributed by atoms with Gasteiger partial charge in [-0.15, -0.1) is 0 Å². The SMILES string of the molecule is COc1ccc(-c2noc(C3CCCCN3C(=O)NC(C)(C)C)n2)cc1. The second-order valence-corrected chi connectivity index (χ2v) is 7.57. The number of carbonyl (C=O) groups excluding carboxylic acids is 1. The number of benzene rings is 1. The molecular formula is C19H26N4O3. The standard InChI is InChI=1S/C19H26N4O3/c1-19(2,3)21-18(24)23-12-6-5-7-15(23)17-20-16(22-26-17)13-8-10-14(25-4)11-9-13/h8-11,15H,5-7,12H2,1-4H3,(H,21,24). The number of urea groups is 1. The van der Waals surface area contributed by atoms with Crippen molar-refractivity contribution in [2.75, 3.05) is 13.7 Å². The predicted octanol–water partition coefficient (Wildman–Crippen LogP) is 3.78. The molecule has 0 bridgehead atoms. The Labute approximate surface area is 153 Å². The third kappa shape index (κ3) is 4.15. The van der Waals surface area contributed by atoms with Gasteiger partial charge in [0.05, 0.1) is 7.11 Å². The van der Waals surface area contributed by atoms with E-state index < -0.39 is 0 Å². The highest BCUT2D eigenvalue weighted by molar-refractivity contribution is 5.75. The fourth-order valence-electron chi connectivity index (χ4n) is 3.05. The summed E-state index contributed by atoms with van der Waals surface area (Å²) in [6, 6.07) is 7.21. The summed E-state index contributed by atoms with van der Waals surface area (Å²) < 4.78 is 10.7. The molecule has 1 fully saturated rings. The summed E-state index contributed by atoms with van der Waals surface area (Å²) in [4.78, 5) is 19.0. The van der Waals surface area contributed by atoms with Gasteiger partial charge in [-0.3, -0.25) is 0 Å². The van der Waals surface area contributed by atoms with Gasteiger partial charge in [-0.25, -0.2) is 4.79 Å². The van der Waals surface area contributed by atoms with E-state index in [2.05, 4.69) is 15.5 Å². The summed E-state index contributed by atoms with van der Waals surface area (Å²) in [6.07, 6.45) is 2.83. The normalized spacial score (nSPS) is 17.8. The van der Waals surface area contributed by atoms with Crippen LogP contribution in [-0.2, 0) is 0 Å². The lowest BCUT2D eigenvalue weighted by Crippen LogP contribution is -2.50. The van der Waals surface area contributed by atoms with Crippen molar-refractivity contribution in [1.82, 2.24) is 20.4 Å². The molecule has 140 valence electrons. The molecule has 0 radical (unpaired) electrons. The van der Waals surface area contributed by atoms with Gasteiger partial charge >= 0.3 is 6.03 Å². The van der Waals surface area contributed by atoms with Crippen molar-refractivity contribution in [3.05, 3.63) is 30.2 Å². The Kier molecular flexibility index (Phi) is 5.15. The van der Waals surface area contributed by atoms with Gasteiger partial charge in [0, 0.05) is 17.6 Å². The second-order valence-electron chi connectivity index (χ2n) is 7.57. The zero-order valence-electron chi connectivity index (χ0n) is 15.8. The molecule has 0 aliphatic carbocycles. The highest BCUT2D eigenvalue weighted by Gasteiger charge is 2.33. The van der Waals surface area contributed by atoms with Gasteiger partial charge in [-0.2, -0.15) is 4.98 Å². The number of methoxy groups -OCH3 is 1. The number of nitrogens with one attached hydrogen (secondary N) is 1. The zero-order chi connectivity index (χ0) is 18.7. The Bertz CT molecular complexity index is 749. The third-order valence-corrected chi connectivity index (χ3v) is 4.32. The molecule has 2 amide bonds. The maximum Gasteiger partial charge on any atom is 0.318 e. The second kappa shape index (κ2) is 7.35. The number of rotatable bonds is 3. The Balaban J connectivity index is 1.80. The van der Waals surface area contributed by atoms with Crippen LogP contribution in [0.1, 0.15) is 52.0 Å². The molecule has 1 unspecified atom stereocenters. The van der Waals surface area contributed by atoms with Gasteiger partial charge in [-0.1, -0.05) is 5.16 Å². The van der Waals surface area contributed by atoms with Crippen LogP contribution in [0, 0.1) is 0 Å². The molecule has 1 aromatic carbocycles.